The fraction of sp³-hybridized carbons (Fsp3) is 0.700. The average Bonchev–Trinajstić information content (AvgIpc) is 2.86. The number of rotatable bonds is 20. The normalized spacial score (nSPS) is 10.8. The summed E-state index contributed by atoms with van der Waals surface area (Å²) in [6, 6.07) is 4.80. The zero-order chi connectivity index (χ0) is 26.6. The summed E-state index contributed by atoms with van der Waals surface area (Å²) in [4.78, 5) is 38.8. The summed E-state index contributed by atoms with van der Waals surface area (Å²) < 4.78 is 10.2. The van der Waals surface area contributed by atoms with Crippen molar-refractivity contribution in [2.24, 2.45) is 0 Å². The predicted octanol–water partition coefficient (Wildman–Crippen LogP) is 7.87. The highest BCUT2D eigenvalue weighted by Crippen LogP contribution is 2.23. The van der Waals surface area contributed by atoms with Gasteiger partial charge in [-0.05, 0) is 38.5 Å². The van der Waals surface area contributed by atoms with E-state index < -0.39 is 11.9 Å². The third kappa shape index (κ3) is 12.5. The van der Waals surface area contributed by atoms with Crippen LogP contribution in [0.5, 0.6) is 0 Å². The molecule has 0 saturated carbocycles. The second-order valence-corrected chi connectivity index (χ2v) is 9.44. The minimum atomic E-state index is -0.595. The van der Waals surface area contributed by atoms with Crippen molar-refractivity contribution < 1.29 is 23.9 Å². The second-order valence-electron chi connectivity index (χ2n) is 9.44. The van der Waals surface area contributed by atoms with E-state index in [2.05, 4.69) is 6.92 Å². The quantitative estimate of drug-likeness (QED) is 0.134. The van der Waals surface area contributed by atoms with Crippen LogP contribution < -0.4 is 4.90 Å². The molecule has 6 nitrogen and oxygen atoms in total. The van der Waals surface area contributed by atoms with Crippen molar-refractivity contribution in [2.45, 2.75) is 118 Å². The maximum atomic E-state index is 12.5. The number of unbranched alkanes of at least 4 members (excludes halogenated alkanes) is 13. The molecule has 36 heavy (non-hydrogen) atoms. The maximum absolute atomic E-state index is 12.5. The molecule has 1 amide bonds. The smallest absolute Gasteiger partial charge is 0.339 e. The third-order valence-corrected chi connectivity index (χ3v) is 6.42. The van der Waals surface area contributed by atoms with Crippen LogP contribution in [-0.4, -0.2) is 37.6 Å². The molecule has 0 aliphatic carbocycles. The number of ether oxygens (including phenoxy) is 2. The Hall–Kier alpha value is -2.37. The van der Waals surface area contributed by atoms with E-state index in [4.69, 9.17) is 9.47 Å². The van der Waals surface area contributed by atoms with Gasteiger partial charge in [-0.25, -0.2) is 9.59 Å². The lowest BCUT2D eigenvalue weighted by Crippen LogP contribution is -2.30. The van der Waals surface area contributed by atoms with E-state index in [-0.39, 0.29) is 30.2 Å². The third-order valence-electron chi connectivity index (χ3n) is 6.42. The summed E-state index contributed by atoms with van der Waals surface area (Å²) in [7, 11) is 0. The van der Waals surface area contributed by atoms with Gasteiger partial charge in [0.25, 0.3) is 0 Å². The van der Waals surface area contributed by atoms with Gasteiger partial charge in [0.2, 0.25) is 5.91 Å². The van der Waals surface area contributed by atoms with Crippen LogP contribution in [0.25, 0.3) is 0 Å². The summed E-state index contributed by atoms with van der Waals surface area (Å²) in [6.45, 7) is 8.19. The predicted molar refractivity (Wildman–Crippen MR) is 147 cm³/mol. The Morgan fingerprint density at radius 1 is 0.639 bits per heavy atom. The number of nitrogens with zero attached hydrogens (tertiary/aromatic N) is 1. The molecular formula is C30H49NO5. The molecule has 0 aromatic heterocycles. The number of benzene rings is 1. The molecule has 1 aromatic rings. The monoisotopic (exact) mass is 503 g/mol. The number of amides is 1. The molecule has 1 rings (SSSR count). The molecule has 6 heteroatoms. The van der Waals surface area contributed by atoms with Gasteiger partial charge < -0.3 is 14.4 Å². The molecule has 0 heterocycles. The molecule has 0 unspecified atom stereocenters. The zero-order valence-electron chi connectivity index (χ0n) is 23.2. The second kappa shape index (κ2) is 19.8. The van der Waals surface area contributed by atoms with Gasteiger partial charge in [0.1, 0.15) is 0 Å². The summed E-state index contributed by atoms with van der Waals surface area (Å²) in [5.41, 5.74) is 0.868. The number of anilines is 1. The van der Waals surface area contributed by atoms with Crippen molar-refractivity contribution in [1.82, 2.24) is 0 Å². The van der Waals surface area contributed by atoms with Crippen LogP contribution in [0.2, 0.25) is 0 Å². The van der Waals surface area contributed by atoms with Gasteiger partial charge in [-0.2, -0.15) is 0 Å². The molecule has 0 atom stereocenters. The van der Waals surface area contributed by atoms with E-state index >= 15 is 0 Å². The highest BCUT2D eigenvalue weighted by Gasteiger charge is 2.22. The lowest BCUT2D eigenvalue weighted by Gasteiger charge is -2.22. The first-order chi connectivity index (χ1) is 17.5. The van der Waals surface area contributed by atoms with E-state index in [1.54, 1.807) is 36.9 Å². The minimum absolute atomic E-state index is 0.0941. The zero-order valence-corrected chi connectivity index (χ0v) is 23.2. The van der Waals surface area contributed by atoms with Crippen LogP contribution >= 0.6 is 0 Å². The number of hydrogen-bond acceptors (Lipinski definition) is 5. The van der Waals surface area contributed by atoms with Gasteiger partial charge in [-0.1, -0.05) is 90.4 Å². The van der Waals surface area contributed by atoms with Crippen LogP contribution in [0.15, 0.2) is 18.2 Å². The summed E-state index contributed by atoms with van der Waals surface area (Å²) >= 11 is 0. The SMILES string of the molecule is CCCCCCCCCCCCCCCCN(C(C)=O)c1ccc(C(=O)OCC)c(C(=O)OCC)c1. The minimum Gasteiger partial charge on any atom is -0.462 e. The van der Waals surface area contributed by atoms with Gasteiger partial charge in [-0.3, -0.25) is 4.79 Å². The van der Waals surface area contributed by atoms with E-state index in [9.17, 15) is 14.4 Å². The lowest BCUT2D eigenvalue weighted by molar-refractivity contribution is -0.116. The molecule has 0 radical (unpaired) electrons. The molecule has 0 aliphatic heterocycles. The van der Waals surface area contributed by atoms with Gasteiger partial charge in [-0.15, -0.1) is 0 Å². The topological polar surface area (TPSA) is 72.9 Å². The summed E-state index contributed by atoms with van der Waals surface area (Å²) in [5.74, 6) is -1.26. The fourth-order valence-corrected chi connectivity index (χ4v) is 4.40. The Morgan fingerprint density at radius 3 is 1.53 bits per heavy atom. The molecule has 0 saturated heterocycles. The molecule has 0 aliphatic rings. The van der Waals surface area contributed by atoms with Crippen molar-refractivity contribution in [3.05, 3.63) is 29.3 Å². The molecule has 204 valence electrons. The number of hydrogen-bond donors (Lipinski definition) is 0. The van der Waals surface area contributed by atoms with E-state index in [0.717, 1.165) is 12.8 Å². The van der Waals surface area contributed by atoms with Crippen molar-refractivity contribution in [3.63, 3.8) is 0 Å². The van der Waals surface area contributed by atoms with Crippen LogP contribution in [0.1, 0.15) is 138 Å². The van der Waals surface area contributed by atoms with Gasteiger partial charge >= 0.3 is 11.9 Å². The van der Waals surface area contributed by atoms with E-state index in [1.807, 2.05) is 0 Å². The van der Waals surface area contributed by atoms with Crippen molar-refractivity contribution in [1.29, 1.82) is 0 Å². The van der Waals surface area contributed by atoms with Crippen molar-refractivity contribution in [3.8, 4) is 0 Å². The molecule has 1 aromatic carbocycles. The largest absolute Gasteiger partial charge is 0.462 e. The standard InChI is InChI=1S/C30H49NO5/c1-5-8-9-10-11-12-13-14-15-16-17-18-19-20-23-31(25(4)32)26-21-22-27(29(33)35-6-2)28(24-26)30(34)36-7-3/h21-22,24H,5-20,23H2,1-4H3. The maximum Gasteiger partial charge on any atom is 0.339 e. The van der Waals surface area contributed by atoms with Crippen molar-refractivity contribution >= 4 is 23.5 Å². The van der Waals surface area contributed by atoms with Gasteiger partial charge in [0.15, 0.2) is 0 Å². The Balaban J connectivity index is 2.46. The summed E-state index contributed by atoms with van der Waals surface area (Å²) in [5, 5.41) is 0. The van der Waals surface area contributed by atoms with Crippen LogP contribution in [0.3, 0.4) is 0 Å². The molecular weight excluding hydrogens is 454 g/mol. The van der Waals surface area contributed by atoms with E-state index in [1.165, 1.54) is 84.0 Å². The Morgan fingerprint density at radius 2 is 1.08 bits per heavy atom. The number of carbonyl (C=O) groups is 3. The van der Waals surface area contributed by atoms with Gasteiger partial charge in [0.05, 0.1) is 24.3 Å². The first kappa shape index (κ1) is 31.7. The van der Waals surface area contributed by atoms with Crippen LogP contribution in [-0.2, 0) is 14.3 Å². The fourth-order valence-electron chi connectivity index (χ4n) is 4.40. The molecule has 0 fully saturated rings. The average molecular weight is 504 g/mol. The van der Waals surface area contributed by atoms with Crippen LogP contribution in [0, 0.1) is 0 Å². The van der Waals surface area contributed by atoms with E-state index in [0.29, 0.717) is 12.2 Å². The first-order valence-corrected chi connectivity index (χ1v) is 14.2. The van der Waals surface area contributed by atoms with Gasteiger partial charge in [0, 0.05) is 19.2 Å². The Kier molecular flexibility index (Phi) is 17.4. The summed E-state index contributed by atoms with van der Waals surface area (Å²) in [6.07, 6.45) is 17.9. The first-order valence-electron chi connectivity index (χ1n) is 14.2. The lowest BCUT2D eigenvalue weighted by atomic mass is 10.0. The Labute approximate surface area is 219 Å². The highest BCUT2D eigenvalue weighted by molar-refractivity contribution is 6.05. The Bertz CT molecular complexity index is 777. The number of esters is 2. The van der Waals surface area contributed by atoms with Crippen LogP contribution in [0.4, 0.5) is 5.69 Å². The molecule has 0 spiro atoms. The number of carbonyl (C=O) groups excluding carboxylic acids is 3. The highest BCUT2D eigenvalue weighted by atomic mass is 16.5. The van der Waals surface area contributed by atoms with Crippen molar-refractivity contribution in [2.75, 3.05) is 24.7 Å². The molecule has 0 N–H and O–H groups in total. The molecule has 0 bridgehead atoms.